The maximum absolute atomic E-state index is 10.4. The van der Waals surface area contributed by atoms with E-state index in [1.165, 1.54) is 0 Å². The maximum Gasteiger partial charge on any atom is 0.220 e. The van der Waals surface area contributed by atoms with Crippen molar-refractivity contribution >= 4 is 5.91 Å². The SMILES string of the molecule is CC[CH]CC(C)C(N)=O. The van der Waals surface area contributed by atoms with Gasteiger partial charge in [0, 0.05) is 5.92 Å². The Kier molecular flexibility index (Phi) is 4.10. The van der Waals surface area contributed by atoms with E-state index >= 15 is 0 Å². The normalized spacial score (nSPS) is 13.1. The highest BCUT2D eigenvalue weighted by Crippen LogP contribution is 2.04. The molecule has 0 fully saturated rings. The number of hydrogen-bond donors (Lipinski definition) is 1. The molecule has 1 atom stereocenters. The summed E-state index contributed by atoms with van der Waals surface area (Å²) in [4.78, 5) is 10.4. The van der Waals surface area contributed by atoms with Crippen LogP contribution in [0, 0.1) is 12.3 Å². The number of nitrogens with two attached hydrogens (primary N) is 1. The zero-order valence-electron chi connectivity index (χ0n) is 6.05. The molecule has 0 aliphatic carbocycles. The molecule has 0 aliphatic heterocycles. The van der Waals surface area contributed by atoms with Crippen molar-refractivity contribution in [1.29, 1.82) is 0 Å². The summed E-state index contributed by atoms with van der Waals surface area (Å²) in [6.45, 7) is 3.89. The van der Waals surface area contributed by atoms with Crippen molar-refractivity contribution in [3.63, 3.8) is 0 Å². The highest BCUT2D eigenvalue weighted by Gasteiger charge is 2.05. The highest BCUT2D eigenvalue weighted by molar-refractivity contribution is 5.76. The van der Waals surface area contributed by atoms with Crippen LogP contribution in [0.4, 0.5) is 0 Å². The van der Waals surface area contributed by atoms with E-state index in [1.54, 1.807) is 0 Å². The fourth-order valence-electron chi connectivity index (χ4n) is 0.533. The van der Waals surface area contributed by atoms with Gasteiger partial charge in [-0.05, 0) is 12.8 Å². The Bertz CT molecular complexity index is 90.9. The second kappa shape index (κ2) is 4.36. The van der Waals surface area contributed by atoms with Crippen LogP contribution in [-0.2, 0) is 4.79 Å². The van der Waals surface area contributed by atoms with Crippen LogP contribution in [0.15, 0.2) is 0 Å². The highest BCUT2D eigenvalue weighted by atomic mass is 16.1. The summed E-state index contributed by atoms with van der Waals surface area (Å²) in [5, 5.41) is 0. The Balaban J connectivity index is 3.27. The third-order valence-corrected chi connectivity index (χ3v) is 1.29. The Hall–Kier alpha value is -0.530. The van der Waals surface area contributed by atoms with E-state index in [9.17, 15) is 4.79 Å². The minimum Gasteiger partial charge on any atom is -0.369 e. The molecule has 0 aromatic carbocycles. The van der Waals surface area contributed by atoms with Crippen molar-refractivity contribution < 1.29 is 4.79 Å². The average molecular weight is 128 g/mol. The fraction of sp³-hybridized carbons (Fsp3) is 0.714. The fourth-order valence-corrected chi connectivity index (χ4v) is 0.533. The number of hydrogen-bond acceptors (Lipinski definition) is 1. The number of carbonyl (C=O) groups is 1. The first-order chi connectivity index (χ1) is 4.18. The predicted molar refractivity (Wildman–Crippen MR) is 37.6 cm³/mol. The number of primary amides is 1. The summed E-state index contributed by atoms with van der Waals surface area (Å²) >= 11 is 0. The summed E-state index contributed by atoms with van der Waals surface area (Å²) in [7, 11) is 0. The molecule has 0 aromatic rings. The van der Waals surface area contributed by atoms with Crippen molar-refractivity contribution in [2.75, 3.05) is 0 Å². The zero-order chi connectivity index (χ0) is 7.28. The van der Waals surface area contributed by atoms with E-state index in [1.807, 2.05) is 13.8 Å². The monoisotopic (exact) mass is 128 g/mol. The quantitative estimate of drug-likeness (QED) is 0.605. The third kappa shape index (κ3) is 4.01. The van der Waals surface area contributed by atoms with Gasteiger partial charge >= 0.3 is 0 Å². The molecule has 0 aromatic heterocycles. The lowest BCUT2D eigenvalue weighted by atomic mass is 10.0. The lowest BCUT2D eigenvalue weighted by molar-refractivity contribution is -0.121. The number of carbonyl (C=O) groups excluding carboxylic acids is 1. The lowest BCUT2D eigenvalue weighted by Gasteiger charge is -2.03. The molecule has 53 valence electrons. The minimum atomic E-state index is -0.209. The Morgan fingerprint density at radius 3 is 2.67 bits per heavy atom. The van der Waals surface area contributed by atoms with E-state index in [4.69, 9.17) is 5.73 Å². The summed E-state index contributed by atoms with van der Waals surface area (Å²) in [5.74, 6) is -0.204. The topological polar surface area (TPSA) is 43.1 Å². The minimum absolute atomic E-state index is 0.00458. The molecule has 0 saturated carbocycles. The average Bonchev–Trinajstić information content (AvgIpc) is 1.82. The summed E-state index contributed by atoms with van der Waals surface area (Å²) < 4.78 is 0. The lowest BCUT2D eigenvalue weighted by Crippen LogP contribution is -2.20. The first kappa shape index (κ1) is 8.47. The maximum atomic E-state index is 10.4. The molecule has 0 aliphatic rings. The molecule has 0 heterocycles. The second-order valence-corrected chi connectivity index (χ2v) is 2.24. The molecule has 0 saturated heterocycles. The van der Waals surface area contributed by atoms with Gasteiger partial charge in [0.2, 0.25) is 5.91 Å². The van der Waals surface area contributed by atoms with Crippen LogP contribution in [0.5, 0.6) is 0 Å². The first-order valence-corrected chi connectivity index (χ1v) is 3.29. The number of unbranched alkanes of at least 4 members (excludes halogenated alkanes) is 1. The molecule has 2 nitrogen and oxygen atoms in total. The third-order valence-electron chi connectivity index (χ3n) is 1.29. The molecule has 1 radical (unpaired) electrons. The van der Waals surface area contributed by atoms with Crippen molar-refractivity contribution in [2.45, 2.75) is 26.7 Å². The predicted octanol–water partition coefficient (Wildman–Crippen LogP) is 1.11. The summed E-state index contributed by atoms with van der Waals surface area (Å²) in [6, 6.07) is 0. The van der Waals surface area contributed by atoms with Crippen LogP contribution in [0.25, 0.3) is 0 Å². The van der Waals surface area contributed by atoms with Crippen LogP contribution < -0.4 is 5.73 Å². The van der Waals surface area contributed by atoms with Crippen LogP contribution in [0.3, 0.4) is 0 Å². The second-order valence-electron chi connectivity index (χ2n) is 2.24. The van der Waals surface area contributed by atoms with E-state index in [-0.39, 0.29) is 11.8 Å². The molecule has 2 heteroatoms. The van der Waals surface area contributed by atoms with Crippen molar-refractivity contribution in [1.82, 2.24) is 0 Å². The molecule has 9 heavy (non-hydrogen) atoms. The molecular weight excluding hydrogens is 114 g/mol. The molecular formula is C7H14NO. The van der Waals surface area contributed by atoms with Gasteiger partial charge in [-0.25, -0.2) is 0 Å². The Morgan fingerprint density at radius 1 is 1.78 bits per heavy atom. The van der Waals surface area contributed by atoms with Gasteiger partial charge in [0.25, 0.3) is 0 Å². The van der Waals surface area contributed by atoms with E-state index in [2.05, 4.69) is 6.42 Å². The van der Waals surface area contributed by atoms with Gasteiger partial charge in [0.1, 0.15) is 0 Å². The van der Waals surface area contributed by atoms with Gasteiger partial charge in [-0.15, -0.1) is 0 Å². The molecule has 0 spiro atoms. The van der Waals surface area contributed by atoms with E-state index in [0.717, 1.165) is 12.8 Å². The van der Waals surface area contributed by atoms with Gasteiger partial charge in [0.15, 0.2) is 0 Å². The number of rotatable bonds is 4. The van der Waals surface area contributed by atoms with E-state index < -0.39 is 0 Å². The molecule has 0 rings (SSSR count). The van der Waals surface area contributed by atoms with Crippen LogP contribution >= 0.6 is 0 Å². The van der Waals surface area contributed by atoms with Gasteiger partial charge < -0.3 is 5.73 Å². The summed E-state index contributed by atoms with van der Waals surface area (Å²) in [5.41, 5.74) is 5.02. The smallest absolute Gasteiger partial charge is 0.220 e. The van der Waals surface area contributed by atoms with Crippen LogP contribution in [0.1, 0.15) is 26.7 Å². The molecule has 0 bridgehead atoms. The molecule has 1 unspecified atom stereocenters. The zero-order valence-corrected chi connectivity index (χ0v) is 6.05. The van der Waals surface area contributed by atoms with Gasteiger partial charge in [-0.2, -0.15) is 0 Å². The van der Waals surface area contributed by atoms with Crippen LogP contribution in [-0.4, -0.2) is 5.91 Å². The van der Waals surface area contributed by atoms with Gasteiger partial charge in [-0.1, -0.05) is 20.3 Å². The largest absolute Gasteiger partial charge is 0.369 e. The van der Waals surface area contributed by atoms with E-state index in [0.29, 0.717) is 0 Å². The Labute approximate surface area is 56.4 Å². The first-order valence-electron chi connectivity index (χ1n) is 3.29. The standard InChI is InChI=1S/C7H14NO/c1-3-4-5-6(2)7(8)9/h4,6H,3,5H2,1-2H3,(H2,8,9). The number of amides is 1. The van der Waals surface area contributed by atoms with Gasteiger partial charge in [0.05, 0.1) is 0 Å². The van der Waals surface area contributed by atoms with Crippen molar-refractivity contribution in [2.24, 2.45) is 11.7 Å². The molecule has 2 N–H and O–H groups in total. The van der Waals surface area contributed by atoms with Crippen molar-refractivity contribution in [3.8, 4) is 0 Å². The summed E-state index contributed by atoms with van der Waals surface area (Å²) in [6.07, 6.45) is 3.89. The van der Waals surface area contributed by atoms with Crippen LogP contribution in [0.2, 0.25) is 0 Å². The molecule has 1 amide bonds. The van der Waals surface area contributed by atoms with Gasteiger partial charge in [-0.3, -0.25) is 4.79 Å². The van der Waals surface area contributed by atoms with Crippen molar-refractivity contribution in [3.05, 3.63) is 6.42 Å². The Morgan fingerprint density at radius 2 is 2.33 bits per heavy atom.